The van der Waals surface area contributed by atoms with Crippen molar-refractivity contribution in [3.8, 4) is 56.0 Å². The quantitative estimate of drug-likeness (QED) is 0.158. The summed E-state index contributed by atoms with van der Waals surface area (Å²) in [7, 11) is 0. The highest BCUT2D eigenvalue weighted by Gasteiger charge is 2.52. The molecule has 1 heterocycles. The summed E-state index contributed by atoms with van der Waals surface area (Å²) in [5.41, 5.74) is 21.7. The first-order valence-corrected chi connectivity index (χ1v) is 27.1. The summed E-state index contributed by atoms with van der Waals surface area (Å²) in [6.07, 6.45) is 0. The molecule has 16 rings (SSSR count). The summed E-state index contributed by atoms with van der Waals surface area (Å²) < 4.78 is 7.27. The van der Waals surface area contributed by atoms with Crippen molar-refractivity contribution in [2.45, 2.75) is 10.8 Å². The van der Waals surface area contributed by atoms with Gasteiger partial charge in [-0.15, -0.1) is 0 Å². The molecule has 2 aliphatic carbocycles. The molecule has 2 heteroatoms. The second-order valence-corrected chi connectivity index (χ2v) is 21.0. The first-order valence-electron chi connectivity index (χ1n) is 27.1. The maximum Gasteiger partial charge on any atom is 0.140 e. The van der Waals surface area contributed by atoms with Gasteiger partial charge in [-0.25, -0.2) is 0 Å². The van der Waals surface area contributed by atoms with Gasteiger partial charge in [0.2, 0.25) is 0 Å². The van der Waals surface area contributed by atoms with Crippen LogP contribution in [0.25, 0.3) is 66.1 Å². The van der Waals surface area contributed by atoms with Gasteiger partial charge in [0.1, 0.15) is 11.5 Å². The number of fused-ring (bicyclic) bond motifs is 16. The predicted octanol–water partition coefficient (Wildman–Crippen LogP) is 19.6. The monoisotopic (exact) mass is 991 g/mol. The Kier molecular flexibility index (Phi) is 9.80. The molecule has 0 fully saturated rings. The van der Waals surface area contributed by atoms with Gasteiger partial charge in [-0.1, -0.05) is 255 Å². The van der Waals surface area contributed by atoms with Crippen LogP contribution in [0.1, 0.15) is 44.5 Å². The Morgan fingerprint density at radius 3 is 1.21 bits per heavy atom. The van der Waals surface area contributed by atoms with Crippen LogP contribution in [0, 0.1) is 0 Å². The van der Waals surface area contributed by atoms with Crippen molar-refractivity contribution >= 4 is 38.6 Å². The summed E-state index contributed by atoms with van der Waals surface area (Å²) in [5.74, 6) is 1.85. The van der Waals surface area contributed by atoms with Gasteiger partial charge in [0.25, 0.3) is 0 Å². The lowest BCUT2D eigenvalue weighted by atomic mass is 9.65. The van der Waals surface area contributed by atoms with Gasteiger partial charge in [-0.05, 0) is 131 Å². The third kappa shape index (κ3) is 6.32. The fourth-order valence-electron chi connectivity index (χ4n) is 13.8. The first kappa shape index (κ1) is 44.3. The minimum Gasteiger partial charge on any atom is -0.455 e. The molecule has 3 aliphatic rings. The van der Waals surface area contributed by atoms with Crippen molar-refractivity contribution < 1.29 is 4.74 Å². The topological polar surface area (TPSA) is 12.5 Å². The van der Waals surface area contributed by atoms with Crippen LogP contribution in [0.5, 0.6) is 11.5 Å². The van der Waals surface area contributed by atoms with Crippen molar-refractivity contribution in [2.75, 3.05) is 4.90 Å². The van der Waals surface area contributed by atoms with E-state index in [1.54, 1.807) is 0 Å². The van der Waals surface area contributed by atoms with Crippen LogP contribution in [-0.4, -0.2) is 0 Å². The van der Waals surface area contributed by atoms with Crippen LogP contribution in [0.3, 0.4) is 0 Å². The van der Waals surface area contributed by atoms with Crippen LogP contribution in [-0.2, 0) is 10.8 Å². The number of nitrogens with zero attached hydrogens (tertiary/aromatic N) is 1. The number of rotatable bonds is 7. The zero-order valence-corrected chi connectivity index (χ0v) is 42.6. The molecule has 0 amide bonds. The van der Waals surface area contributed by atoms with E-state index in [4.69, 9.17) is 4.74 Å². The SMILES string of the molecule is c1ccc(-c2ccc(N(c3ccc(-c4ccc5c(c4)C4(c6ccccc6-5)c5ccc6ccccc6c5Oc5c4ccc4ccccc54)cc3)c3ccc4c(c3)C(c3ccccc3)(c3ccccc3)c3ccccc3-4)cc2)cc1. The minimum absolute atomic E-state index is 0.534. The summed E-state index contributed by atoms with van der Waals surface area (Å²) in [6, 6.07) is 110. The molecule has 13 aromatic carbocycles. The highest BCUT2D eigenvalue weighted by molar-refractivity contribution is 6.00. The van der Waals surface area contributed by atoms with E-state index >= 15 is 0 Å². The zero-order chi connectivity index (χ0) is 51.4. The molecule has 364 valence electrons. The molecule has 0 N–H and O–H groups in total. The van der Waals surface area contributed by atoms with Crippen LogP contribution in [0.15, 0.2) is 297 Å². The second kappa shape index (κ2) is 17.3. The Balaban J connectivity index is 0.874. The number of benzene rings is 13. The normalized spacial score (nSPS) is 13.7. The molecule has 0 saturated carbocycles. The fraction of sp³-hybridized carbons (Fsp3) is 0.0263. The molecule has 13 aromatic rings. The lowest BCUT2D eigenvalue weighted by molar-refractivity contribution is 0.447. The third-order valence-corrected chi connectivity index (χ3v) is 17.2. The molecule has 1 spiro atoms. The maximum absolute atomic E-state index is 7.27. The van der Waals surface area contributed by atoms with Crippen molar-refractivity contribution in [1.82, 2.24) is 0 Å². The fourth-order valence-corrected chi connectivity index (χ4v) is 13.8. The van der Waals surface area contributed by atoms with E-state index in [9.17, 15) is 0 Å². The van der Waals surface area contributed by atoms with Crippen molar-refractivity contribution in [1.29, 1.82) is 0 Å². The smallest absolute Gasteiger partial charge is 0.140 e. The van der Waals surface area contributed by atoms with Crippen molar-refractivity contribution in [3.63, 3.8) is 0 Å². The number of ether oxygens (including phenoxy) is 1. The van der Waals surface area contributed by atoms with E-state index in [0.717, 1.165) is 72.4 Å². The molecule has 78 heavy (non-hydrogen) atoms. The van der Waals surface area contributed by atoms with E-state index in [1.165, 1.54) is 66.8 Å². The highest BCUT2D eigenvalue weighted by Crippen LogP contribution is 2.64. The van der Waals surface area contributed by atoms with E-state index in [1.807, 2.05) is 0 Å². The standard InChI is InChI=1S/C76H49NO/c1-4-18-50(19-5-1)51-32-39-58(40-33-51)77(60-43-45-66-63-28-14-16-30-67(63)75(72(66)49-60,56-22-6-2-7-23-56)57-24-8-3-9-25-57)59-41-34-52(35-42-59)55-36-44-65-64-29-15-17-31-68(64)76(71(65)48-55)69-46-37-53-20-10-12-26-61(53)73(69)78-74-62-27-13-11-21-54(62)38-47-70(74)76/h1-49H. The average molecular weight is 992 g/mol. The molecule has 0 unspecified atom stereocenters. The summed E-state index contributed by atoms with van der Waals surface area (Å²) in [5, 5.41) is 4.55. The summed E-state index contributed by atoms with van der Waals surface area (Å²) in [4.78, 5) is 2.43. The Bertz CT molecular complexity index is 4380. The maximum atomic E-state index is 7.27. The van der Waals surface area contributed by atoms with Crippen LogP contribution < -0.4 is 9.64 Å². The number of hydrogen-bond acceptors (Lipinski definition) is 2. The molecule has 1 aliphatic heterocycles. The zero-order valence-electron chi connectivity index (χ0n) is 42.6. The van der Waals surface area contributed by atoms with Gasteiger partial charge in [-0.2, -0.15) is 0 Å². The Labute approximate surface area is 454 Å². The molecular weight excluding hydrogens is 943 g/mol. The summed E-state index contributed by atoms with van der Waals surface area (Å²) >= 11 is 0. The third-order valence-electron chi connectivity index (χ3n) is 17.2. The van der Waals surface area contributed by atoms with E-state index in [2.05, 4.69) is 302 Å². The van der Waals surface area contributed by atoms with Gasteiger partial charge in [0, 0.05) is 39.0 Å². The van der Waals surface area contributed by atoms with Gasteiger partial charge in [0.15, 0.2) is 0 Å². The van der Waals surface area contributed by atoms with E-state index in [0.29, 0.717) is 0 Å². The molecule has 2 nitrogen and oxygen atoms in total. The molecule has 0 atom stereocenters. The predicted molar refractivity (Wildman–Crippen MR) is 322 cm³/mol. The van der Waals surface area contributed by atoms with Crippen molar-refractivity contribution in [2.24, 2.45) is 0 Å². The lowest BCUT2D eigenvalue weighted by Crippen LogP contribution is -2.32. The minimum atomic E-state index is -0.635. The highest BCUT2D eigenvalue weighted by atomic mass is 16.5. The van der Waals surface area contributed by atoms with E-state index in [-0.39, 0.29) is 0 Å². The largest absolute Gasteiger partial charge is 0.455 e. The number of anilines is 3. The van der Waals surface area contributed by atoms with Gasteiger partial charge >= 0.3 is 0 Å². The van der Waals surface area contributed by atoms with Gasteiger partial charge in [-0.3, -0.25) is 0 Å². The van der Waals surface area contributed by atoms with Crippen LogP contribution in [0.2, 0.25) is 0 Å². The second-order valence-electron chi connectivity index (χ2n) is 21.0. The summed E-state index contributed by atoms with van der Waals surface area (Å²) in [6.45, 7) is 0. The van der Waals surface area contributed by atoms with Crippen LogP contribution >= 0.6 is 0 Å². The first-order chi connectivity index (χ1) is 38.7. The molecule has 0 aromatic heterocycles. The Morgan fingerprint density at radius 1 is 0.244 bits per heavy atom. The Hall–Kier alpha value is -10.0. The molecular formula is C76H49NO. The van der Waals surface area contributed by atoms with Gasteiger partial charge in [0.05, 0.1) is 10.8 Å². The van der Waals surface area contributed by atoms with E-state index < -0.39 is 10.8 Å². The number of hydrogen-bond donors (Lipinski definition) is 0. The van der Waals surface area contributed by atoms with Crippen molar-refractivity contribution in [3.05, 3.63) is 342 Å². The lowest BCUT2D eigenvalue weighted by Gasteiger charge is -2.40. The van der Waals surface area contributed by atoms with Gasteiger partial charge < -0.3 is 9.64 Å². The molecule has 0 saturated heterocycles. The molecule has 0 radical (unpaired) electrons. The van der Waals surface area contributed by atoms with Crippen LogP contribution in [0.4, 0.5) is 17.1 Å². The average Bonchev–Trinajstić information content (AvgIpc) is 3.22. The Morgan fingerprint density at radius 2 is 0.641 bits per heavy atom. The molecule has 0 bridgehead atoms.